The van der Waals surface area contributed by atoms with E-state index in [0.29, 0.717) is 5.54 Å². The molecule has 1 N–H and O–H groups in total. The SMILES string of the molecule is CC1CCCC1NCC1(N(C)C)CCCCC1. The van der Waals surface area contributed by atoms with Gasteiger partial charge in [0, 0.05) is 18.1 Å². The molecule has 0 spiro atoms. The number of hydrogen-bond donors (Lipinski definition) is 1. The molecule has 0 radical (unpaired) electrons. The van der Waals surface area contributed by atoms with Gasteiger partial charge >= 0.3 is 0 Å². The molecule has 0 aromatic rings. The average molecular weight is 238 g/mol. The third kappa shape index (κ3) is 3.03. The molecular weight excluding hydrogens is 208 g/mol. The summed E-state index contributed by atoms with van der Waals surface area (Å²) in [4.78, 5) is 2.48. The van der Waals surface area contributed by atoms with Crippen LogP contribution in [0.5, 0.6) is 0 Å². The van der Waals surface area contributed by atoms with E-state index in [4.69, 9.17) is 0 Å². The van der Waals surface area contributed by atoms with Crippen LogP contribution in [0.3, 0.4) is 0 Å². The second-order valence-electron chi connectivity index (χ2n) is 6.58. The second kappa shape index (κ2) is 5.71. The molecule has 17 heavy (non-hydrogen) atoms. The molecule has 2 nitrogen and oxygen atoms in total. The van der Waals surface area contributed by atoms with Gasteiger partial charge in [-0.05, 0) is 45.7 Å². The molecule has 0 aliphatic heterocycles. The highest BCUT2D eigenvalue weighted by molar-refractivity contribution is 4.94. The number of nitrogens with zero attached hydrogens (tertiary/aromatic N) is 1. The minimum absolute atomic E-state index is 0.445. The quantitative estimate of drug-likeness (QED) is 0.810. The summed E-state index contributed by atoms with van der Waals surface area (Å²) in [5.41, 5.74) is 0.445. The topological polar surface area (TPSA) is 15.3 Å². The van der Waals surface area contributed by atoms with Crippen molar-refractivity contribution in [2.24, 2.45) is 5.92 Å². The Hall–Kier alpha value is -0.0800. The normalized spacial score (nSPS) is 33.2. The highest BCUT2D eigenvalue weighted by Gasteiger charge is 2.35. The van der Waals surface area contributed by atoms with Crippen LogP contribution in [-0.4, -0.2) is 37.1 Å². The van der Waals surface area contributed by atoms with Crippen molar-refractivity contribution < 1.29 is 0 Å². The zero-order valence-electron chi connectivity index (χ0n) is 12.0. The Morgan fingerprint density at radius 1 is 1.06 bits per heavy atom. The molecule has 0 amide bonds. The van der Waals surface area contributed by atoms with Gasteiger partial charge in [-0.15, -0.1) is 0 Å². The van der Waals surface area contributed by atoms with Gasteiger partial charge in [0.15, 0.2) is 0 Å². The Morgan fingerprint density at radius 2 is 1.76 bits per heavy atom. The summed E-state index contributed by atoms with van der Waals surface area (Å²) in [6.07, 6.45) is 11.3. The van der Waals surface area contributed by atoms with Gasteiger partial charge in [-0.2, -0.15) is 0 Å². The first kappa shape index (κ1) is 13.4. The maximum absolute atomic E-state index is 3.88. The summed E-state index contributed by atoms with van der Waals surface area (Å²) in [5.74, 6) is 0.887. The van der Waals surface area contributed by atoms with Crippen molar-refractivity contribution in [1.29, 1.82) is 0 Å². The Balaban J connectivity index is 1.89. The molecule has 2 atom stereocenters. The Labute approximate surface area is 107 Å². The van der Waals surface area contributed by atoms with E-state index in [-0.39, 0.29) is 0 Å². The van der Waals surface area contributed by atoms with Crippen molar-refractivity contribution in [3.05, 3.63) is 0 Å². The van der Waals surface area contributed by atoms with Crippen molar-refractivity contribution in [2.45, 2.75) is 69.9 Å². The van der Waals surface area contributed by atoms with Crippen molar-refractivity contribution in [3.8, 4) is 0 Å². The lowest BCUT2D eigenvalue weighted by atomic mass is 9.80. The maximum Gasteiger partial charge on any atom is 0.0327 e. The van der Waals surface area contributed by atoms with Gasteiger partial charge in [0.05, 0.1) is 0 Å². The summed E-state index contributed by atoms with van der Waals surface area (Å²) in [5, 5.41) is 3.88. The number of hydrogen-bond acceptors (Lipinski definition) is 2. The van der Waals surface area contributed by atoms with Crippen molar-refractivity contribution in [1.82, 2.24) is 10.2 Å². The minimum atomic E-state index is 0.445. The highest BCUT2D eigenvalue weighted by atomic mass is 15.2. The van der Waals surface area contributed by atoms with E-state index in [1.54, 1.807) is 0 Å². The lowest BCUT2D eigenvalue weighted by Gasteiger charge is -2.44. The van der Waals surface area contributed by atoms with Crippen LogP contribution >= 0.6 is 0 Å². The predicted molar refractivity (Wildman–Crippen MR) is 74.3 cm³/mol. The molecule has 2 aliphatic rings. The van der Waals surface area contributed by atoms with Crippen LogP contribution in [0.1, 0.15) is 58.3 Å². The molecule has 2 fully saturated rings. The maximum atomic E-state index is 3.88. The van der Waals surface area contributed by atoms with E-state index >= 15 is 0 Å². The van der Waals surface area contributed by atoms with Crippen LogP contribution < -0.4 is 5.32 Å². The first-order chi connectivity index (χ1) is 8.14. The number of rotatable bonds is 4. The summed E-state index contributed by atoms with van der Waals surface area (Å²) in [6.45, 7) is 3.61. The largest absolute Gasteiger partial charge is 0.312 e. The van der Waals surface area contributed by atoms with Gasteiger partial charge < -0.3 is 10.2 Å². The molecule has 2 unspecified atom stereocenters. The smallest absolute Gasteiger partial charge is 0.0327 e. The van der Waals surface area contributed by atoms with Gasteiger partial charge in [-0.3, -0.25) is 0 Å². The van der Waals surface area contributed by atoms with E-state index in [2.05, 4.69) is 31.2 Å². The van der Waals surface area contributed by atoms with Crippen LogP contribution in [0.15, 0.2) is 0 Å². The van der Waals surface area contributed by atoms with Crippen molar-refractivity contribution in [3.63, 3.8) is 0 Å². The van der Waals surface area contributed by atoms with Gasteiger partial charge in [-0.25, -0.2) is 0 Å². The standard InChI is InChI=1S/C15H30N2/c1-13-8-7-9-14(13)16-12-15(17(2)3)10-5-4-6-11-15/h13-14,16H,4-12H2,1-3H3. The zero-order chi connectivity index (χ0) is 12.3. The first-order valence-electron chi connectivity index (χ1n) is 7.55. The third-order valence-corrected chi connectivity index (χ3v) is 5.29. The molecule has 0 saturated heterocycles. The number of nitrogens with one attached hydrogen (secondary N) is 1. The predicted octanol–water partition coefficient (Wildman–Crippen LogP) is 3.03. The van der Waals surface area contributed by atoms with Crippen LogP contribution in [0.25, 0.3) is 0 Å². The van der Waals surface area contributed by atoms with E-state index < -0.39 is 0 Å². The third-order valence-electron chi connectivity index (χ3n) is 5.29. The molecule has 2 heteroatoms. The lowest BCUT2D eigenvalue weighted by molar-refractivity contribution is 0.0936. The Kier molecular flexibility index (Phi) is 4.48. The molecule has 0 heterocycles. The van der Waals surface area contributed by atoms with E-state index in [0.717, 1.165) is 12.0 Å². The number of likely N-dealkylation sites (N-methyl/N-ethyl adjacent to an activating group) is 1. The summed E-state index contributed by atoms with van der Waals surface area (Å²) in [7, 11) is 4.54. The fourth-order valence-corrected chi connectivity index (χ4v) is 3.76. The minimum Gasteiger partial charge on any atom is -0.312 e. The van der Waals surface area contributed by atoms with Crippen LogP contribution in [0.4, 0.5) is 0 Å². The zero-order valence-corrected chi connectivity index (χ0v) is 12.0. The molecule has 0 bridgehead atoms. The van der Waals surface area contributed by atoms with Gasteiger partial charge in [0.1, 0.15) is 0 Å². The van der Waals surface area contributed by atoms with Gasteiger partial charge in [0.25, 0.3) is 0 Å². The molecule has 100 valence electrons. The van der Waals surface area contributed by atoms with Crippen molar-refractivity contribution >= 4 is 0 Å². The van der Waals surface area contributed by atoms with Gasteiger partial charge in [0.2, 0.25) is 0 Å². The molecule has 2 aliphatic carbocycles. The van der Waals surface area contributed by atoms with E-state index in [9.17, 15) is 0 Å². The second-order valence-corrected chi connectivity index (χ2v) is 6.58. The van der Waals surface area contributed by atoms with E-state index in [1.807, 2.05) is 0 Å². The summed E-state index contributed by atoms with van der Waals surface area (Å²) in [6, 6.07) is 0.786. The van der Waals surface area contributed by atoms with Crippen molar-refractivity contribution in [2.75, 3.05) is 20.6 Å². The molecule has 2 rings (SSSR count). The molecule has 2 saturated carbocycles. The monoisotopic (exact) mass is 238 g/mol. The molecule has 0 aromatic carbocycles. The van der Waals surface area contributed by atoms with E-state index in [1.165, 1.54) is 57.9 Å². The highest BCUT2D eigenvalue weighted by Crippen LogP contribution is 2.33. The molecular formula is C15H30N2. The first-order valence-corrected chi connectivity index (χ1v) is 7.55. The molecule has 0 aromatic heterocycles. The summed E-state index contributed by atoms with van der Waals surface area (Å²) < 4.78 is 0. The Bertz CT molecular complexity index is 231. The fourth-order valence-electron chi connectivity index (χ4n) is 3.76. The summed E-state index contributed by atoms with van der Waals surface area (Å²) >= 11 is 0. The fraction of sp³-hybridized carbons (Fsp3) is 1.00. The lowest BCUT2D eigenvalue weighted by Crippen LogP contribution is -2.54. The van der Waals surface area contributed by atoms with Gasteiger partial charge in [-0.1, -0.05) is 32.6 Å². The average Bonchev–Trinajstić information content (AvgIpc) is 2.73. The van der Waals surface area contributed by atoms with Crippen LogP contribution in [0, 0.1) is 5.92 Å². The van der Waals surface area contributed by atoms with Crippen LogP contribution in [0.2, 0.25) is 0 Å². The van der Waals surface area contributed by atoms with Crippen LogP contribution in [-0.2, 0) is 0 Å². The Morgan fingerprint density at radius 3 is 2.29 bits per heavy atom.